The number of halogens is 1. The molecule has 3 rings (SSSR count). The second-order valence-electron chi connectivity index (χ2n) is 5.92. The third kappa shape index (κ3) is 3.08. The molecule has 0 amide bonds. The van der Waals surface area contributed by atoms with E-state index >= 15 is 0 Å². The zero-order chi connectivity index (χ0) is 18.4. The van der Waals surface area contributed by atoms with E-state index in [0.29, 0.717) is 27.8 Å². The van der Waals surface area contributed by atoms with Gasteiger partial charge in [-0.3, -0.25) is 0 Å². The smallest absolute Gasteiger partial charge is 0.260 e. The van der Waals surface area contributed by atoms with Crippen LogP contribution >= 0.6 is 0 Å². The van der Waals surface area contributed by atoms with Crippen molar-refractivity contribution in [2.24, 2.45) is 0 Å². The van der Waals surface area contributed by atoms with E-state index in [2.05, 4.69) is 11.6 Å². The van der Waals surface area contributed by atoms with Crippen LogP contribution in [0.25, 0.3) is 28.0 Å². The van der Waals surface area contributed by atoms with Gasteiger partial charge in [0.25, 0.3) is 10.0 Å². The van der Waals surface area contributed by atoms with E-state index in [9.17, 15) is 12.8 Å². The summed E-state index contributed by atoms with van der Waals surface area (Å²) in [6.07, 6.45) is 0. The first-order valence-corrected chi connectivity index (χ1v) is 8.93. The Balaban J connectivity index is 2.24. The summed E-state index contributed by atoms with van der Waals surface area (Å²) < 4.78 is 45.0. The normalized spacial score (nSPS) is 12.0. The molecular weight excluding hydrogens is 343 g/mol. The number of pyridine rings is 1. The highest BCUT2D eigenvalue weighted by Crippen LogP contribution is 2.32. The Labute approximate surface area is 145 Å². The molecule has 7 heteroatoms. The highest BCUT2D eigenvalue weighted by Gasteiger charge is 2.25. The maximum atomic E-state index is 13.1. The summed E-state index contributed by atoms with van der Waals surface area (Å²) in [5, 5.41) is 0.549. The molecule has 5 nitrogen and oxygen atoms in total. The Morgan fingerprint density at radius 1 is 1.20 bits per heavy atom. The molecule has 0 bridgehead atoms. The highest BCUT2D eigenvalue weighted by atomic mass is 32.2. The molecule has 0 spiro atoms. The van der Waals surface area contributed by atoms with Crippen LogP contribution in [-0.2, 0) is 10.0 Å². The molecule has 0 unspecified atom stereocenters. The van der Waals surface area contributed by atoms with Crippen molar-refractivity contribution in [1.29, 1.82) is 0 Å². The monoisotopic (exact) mass is 360 g/mol. The molecule has 130 valence electrons. The van der Waals surface area contributed by atoms with Crippen LogP contribution in [0.5, 0.6) is 0 Å². The third-order valence-corrected chi connectivity index (χ3v) is 5.55. The van der Waals surface area contributed by atoms with Gasteiger partial charge in [0.1, 0.15) is 11.6 Å². The molecule has 0 aliphatic carbocycles. The number of rotatable bonds is 4. The Morgan fingerprint density at radius 3 is 2.40 bits per heavy atom. The average Bonchev–Trinajstić information content (AvgIpc) is 2.97. The fourth-order valence-corrected chi connectivity index (χ4v) is 3.44. The molecular formula is C18H17FN2O3S. The van der Waals surface area contributed by atoms with Crippen molar-refractivity contribution in [2.75, 3.05) is 14.1 Å². The van der Waals surface area contributed by atoms with Gasteiger partial charge in [-0.25, -0.2) is 17.1 Å². The van der Waals surface area contributed by atoms with Crippen molar-refractivity contribution in [3.8, 4) is 11.3 Å². The summed E-state index contributed by atoms with van der Waals surface area (Å²) in [7, 11) is -0.873. The molecule has 1 aromatic carbocycles. The Kier molecular flexibility index (Phi) is 4.22. The van der Waals surface area contributed by atoms with Crippen LogP contribution < -0.4 is 0 Å². The maximum Gasteiger partial charge on any atom is 0.260 e. The van der Waals surface area contributed by atoms with Crippen LogP contribution in [0.4, 0.5) is 4.39 Å². The van der Waals surface area contributed by atoms with E-state index in [-0.39, 0.29) is 16.6 Å². The number of nitrogens with zero attached hydrogens (tertiary/aromatic N) is 2. The summed E-state index contributed by atoms with van der Waals surface area (Å²) in [6, 6.07) is 9.27. The van der Waals surface area contributed by atoms with Gasteiger partial charge in [-0.2, -0.15) is 4.98 Å². The maximum absolute atomic E-state index is 13.1. The summed E-state index contributed by atoms with van der Waals surface area (Å²) >= 11 is 0. The number of aromatic nitrogens is 1. The van der Waals surface area contributed by atoms with E-state index < -0.39 is 10.0 Å². The largest absolute Gasteiger partial charge is 0.438 e. The molecule has 3 aromatic rings. The SMILES string of the molecule is C=C(C)c1cc2cc(-c3ccc(F)cc3)oc2nc1S(=O)(=O)N(C)C. The summed E-state index contributed by atoms with van der Waals surface area (Å²) in [5.41, 5.74) is 1.89. The van der Waals surface area contributed by atoms with Gasteiger partial charge in [-0.05, 0) is 48.9 Å². The van der Waals surface area contributed by atoms with Crippen molar-refractivity contribution < 1.29 is 17.2 Å². The Hall–Kier alpha value is -2.51. The number of hydrogen-bond acceptors (Lipinski definition) is 4. The molecule has 2 aromatic heterocycles. The van der Waals surface area contributed by atoms with Crippen molar-refractivity contribution >= 4 is 26.7 Å². The second kappa shape index (κ2) is 6.09. The number of allylic oxidation sites excluding steroid dienone is 1. The molecule has 0 atom stereocenters. The number of furan rings is 1. The van der Waals surface area contributed by atoms with E-state index in [1.165, 1.54) is 26.2 Å². The topological polar surface area (TPSA) is 63.4 Å². The summed E-state index contributed by atoms with van der Waals surface area (Å²) in [4.78, 5) is 4.22. The number of benzene rings is 1. The van der Waals surface area contributed by atoms with Gasteiger partial charge in [0.05, 0.1) is 0 Å². The first-order chi connectivity index (χ1) is 11.7. The molecule has 0 aliphatic rings. The van der Waals surface area contributed by atoms with Crippen LogP contribution in [0.15, 0.2) is 52.4 Å². The number of hydrogen-bond donors (Lipinski definition) is 0. The molecule has 2 heterocycles. The zero-order valence-electron chi connectivity index (χ0n) is 14.1. The van der Waals surface area contributed by atoms with Crippen LogP contribution in [0, 0.1) is 5.82 Å². The Morgan fingerprint density at radius 2 is 1.84 bits per heavy atom. The number of fused-ring (bicyclic) bond motifs is 1. The molecule has 0 aliphatic heterocycles. The predicted molar refractivity (Wildman–Crippen MR) is 95.0 cm³/mol. The lowest BCUT2D eigenvalue weighted by molar-refractivity contribution is 0.515. The van der Waals surface area contributed by atoms with E-state index in [1.54, 1.807) is 31.2 Å². The lowest BCUT2D eigenvalue weighted by Crippen LogP contribution is -2.24. The lowest BCUT2D eigenvalue weighted by atomic mass is 10.1. The molecule has 0 N–H and O–H groups in total. The van der Waals surface area contributed by atoms with Crippen molar-refractivity contribution in [2.45, 2.75) is 11.9 Å². The first kappa shape index (κ1) is 17.3. The summed E-state index contributed by atoms with van der Waals surface area (Å²) in [6.45, 7) is 5.57. The first-order valence-electron chi connectivity index (χ1n) is 7.49. The van der Waals surface area contributed by atoms with Crippen LogP contribution in [-0.4, -0.2) is 31.8 Å². The second-order valence-corrected chi connectivity index (χ2v) is 7.99. The van der Waals surface area contributed by atoms with Crippen molar-refractivity contribution in [3.63, 3.8) is 0 Å². The van der Waals surface area contributed by atoms with E-state index in [4.69, 9.17) is 4.42 Å². The predicted octanol–water partition coefficient (Wildman–Crippen LogP) is 3.92. The molecule has 0 saturated carbocycles. The minimum Gasteiger partial charge on any atom is -0.438 e. The van der Waals surface area contributed by atoms with Crippen molar-refractivity contribution in [1.82, 2.24) is 9.29 Å². The fourth-order valence-electron chi connectivity index (χ4n) is 2.39. The quantitative estimate of drug-likeness (QED) is 0.707. The molecule has 0 saturated heterocycles. The van der Waals surface area contributed by atoms with Gasteiger partial charge in [0.15, 0.2) is 5.03 Å². The lowest BCUT2D eigenvalue weighted by Gasteiger charge is -2.14. The standard InChI is InChI=1S/C18H17FN2O3S/c1-11(2)15-9-13-10-16(12-5-7-14(19)8-6-12)24-17(13)20-18(15)25(22,23)21(3)4/h5-10H,1H2,2-4H3. The van der Waals surface area contributed by atoms with Gasteiger partial charge in [-0.15, -0.1) is 0 Å². The van der Waals surface area contributed by atoms with Crippen LogP contribution in [0.1, 0.15) is 12.5 Å². The van der Waals surface area contributed by atoms with Crippen LogP contribution in [0.3, 0.4) is 0 Å². The molecule has 25 heavy (non-hydrogen) atoms. The van der Waals surface area contributed by atoms with Gasteiger partial charge < -0.3 is 4.42 Å². The highest BCUT2D eigenvalue weighted by molar-refractivity contribution is 7.89. The van der Waals surface area contributed by atoms with Gasteiger partial charge >= 0.3 is 0 Å². The number of sulfonamides is 1. The minimum atomic E-state index is -3.75. The minimum absolute atomic E-state index is 0.0995. The van der Waals surface area contributed by atoms with Gasteiger partial charge in [0, 0.05) is 30.6 Å². The fraction of sp³-hybridized carbons (Fsp3) is 0.167. The van der Waals surface area contributed by atoms with E-state index in [1.807, 2.05) is 0 Å². The Bertz CT molecular complexity index is 1070. The summed E-state index contributed by atoms with van der Waals surface area (Å²) in [5.74, 6) is 0.136. The van der Waals surface area contributed by atoms with Crippen LogP contribution in [0.2, 0.25) is 0 Å². The molecule has 0 fully saturated rings. The van der Waals surface area contributed by atoms with Crippen molar-refractivity contribution in [3.05, 3.63) is 54.4 Å². The van der Waals surface area contributed by atoms with Gasteiger partial charge in [0.2, 0.25) is 5.71 Å². The zero-order valence-corrected chi connectivity index (χ0v) is 14.9. The average molecular weight is 360 g/mol. The third-order valence-electron chi connectivity index (χ3n) is 3.79. The van der Waals surface area contributed by atoms with Gasteiger partial charge in [-0.1, -0.05) is 6.58 Å². The molecule has 0 radical (unpaired) electrons. The van der Waals surface area contributed by atoms with E-state index in [0.717, 1.165) is 4.31 Å².